The molecule has 5 nitrogen and oxygen atoms in total. The maximum Gasteiger partial charge on any atom is 0.216 e. The van der Waals surface area contributed by atoms with Crippen LogP contribution in [0.1, 0.15) is 67.5 Å². The third-order valence-corrected chi connectivity index (χ3v) is 13.5. The van der Waals surface area contributed by atoms with E-state index in [-0.39, 0.29) is 37.5 Å². The summed E-state index contributed by atoms with van der Waals surface area (Å²) in [5.41, 5.74) is 14.3. The number of pyridine rings is 2. The van der Waals surface area contributed by atoms with Gasteiger partial charge in [-0.3, -0.25) is 13.8 Å². The molecular formula is C53H50F2IrN4OSi-2. The number of hydrogen-bond acceptors (Lipinski definition) is 4. The quantitative estimate of drug-likeness (QED) is 0.118. The van der Waals surface area contributed by atoms with Crippen LogP contribution in [0.4, 0.5) is 8.78 Å². The molecule has 0 atom stereocenters. The predicted molar refractivity (Wildman–Crippen MR) is 250 cm³/mol. The molecule has 5 aromatic carbocycles. The Morgan fingerprint density at radius 1 is 0.726 bits per heavy atom. The number of fused-ring (bicyclic) bond motifs is 4. The first-order valence-electron chi connectivity index (χ1n) is 20.9. The molecule has 9 heteroatoms. The van der Waals surface area contributed by atoms with Gasteiger partial charge in [-0.1, -0.05) is 112 Å². The number of halogens is 2. The van der Waals surface area contributed by atoms with Crippen LogP contribution in [0.3, 0.4) is 0 Å². The average Bonchev–Trinajstić information content (AvgIpc) is 3.77. The SMILES string of the molecule is Cc1ccc2c(n1)oc1c[c-]c(-c3cc(C)c([Si](C)(C)C)cn3)cc12.Cc1ccccc1-c1cc(C(C)C)c(-n2c(-c3[c-]cc(F)cc3F)nc3ccccc32)c(C(C)C)c1.[Ir]. The van der Waals surface area contributed by atoms with Crippen LogP contribution in [0.25, 0.3) is 72.6 Å². The number of imidazole rings is 1. The van der Waals surface area contributed by atoms with Crippen molar-refractivity contribution >= 4 is 46.4 Å². The largest absolute Gasteiger partial charge is 0.486 e. The molecule has 9 rings (SSSR count). The second-order valence-corrected chi connectivity index (χ2v) is 22.6. The van der Waals surface area contributed by atoms with Gasteiger partial charge in [-0.05, 0) is 108 Å². The van der Waals surface area contributed by atoms with Crippen LogP contribution < -0.4 is 5.19 Å². The fourth-order valence-electron chi connectivity index (χ4n) is 8.24. The molecule has 317 valence electrons. The van der Waals surface area contributed by atoms with E-state index in [2.05, 4.69) is 133 Å². The summed E-state index contributed by atoms with van der Waals surface area (Å²) in [6, 6.07) is 39.1. The molecule has 0 aliphatic carbocycles. The van der Waals surface area contributed by atoms with Crippen molar-refractivity contribution in [1.29, 1.82) is 0 Å². The van der Waals surface area contributed by atoms with Crippen molar-refractivity contribution in [2.24, 2.45) is 0 Å². The van der Waals surface area contributed by atoms with E-state index in [4.69, 9.17) is 14.4 Å². The Labute approximate surface area is 377 Å². The van der Waals surface area contributed by atoms with Gasteiger partial charge in [-0.15, -0.1) is 35.9 Å². The summed E-state index contributed by atoms with van der Waals surface area (Å²) in [7, 11) is -1.37. The van der Waals surface area contributed by atoms with E-state index in [0.717, 1.165) is 78.9 Å². The molecular weight excluding hydrogens is 967 g/mol. The molecule has 0 unspecified atom stereocenters. The Morgan fingerprint density at radius 2 is 1.42 bits per heavy atom. The smallest absolute Gasteiger partial charge is 0.216 e. The van der Waals surface area contributed by atoms with Crippen molar-refractivity contribution in [3.8, 4) is 39.5 Å². The zero-order valence-corrected chi connectivity index (χ0v) is 40.2. The summed E-state index contributed by atoms with van der Waals surface area (Å²) < 4.78 is 36.7. The minimum Gasteiger partial charge on any atom is -0.486 e. The fraction of sp³-hybridized carbons (Fsp3) is 0.226. The van der Waals surface area contributed by atoms with E-state index < -0.39 is 19.7 Å². The summed E-state index contributed by atoms with van der Waals surface area (Å²) in [4.78, 5) is 14.0. The topological polar surface area (TPSA) is 56.7 Å². The van der Waals surface area contributed by atoms with Gasteiger partial charge in [0.2, 0.25) is 5.71 Å². The molecule has 0 bridgehead atoms. The van der Waals surface area contributed by atoms with Gasteiger partial charge in [0, 0.05) is 54.7 Å². The summed E-state index contributed by atoms with van der Waals surface area (Å²) >= 11 is 0. The fourth-order valence-corrected chi connectivity index (χ4v) is 9.94. The van der Waals surface area contributed by atoms with Crippen LogP contribution in [-0.4, -0.2) is 27.6 Å². The summed E-state index contributed by atoms with van der Waals surface area (Å²) in [6.45, 7) is 22.0. The van der Waals surface area contributed by atoms with E-state index in [0.29, 0.717) is 11.5 Å². The maximum absolute atomic E-state index is 15.1. The number of hydrogen-bond donors (Lipinski definition) is 0. The molecule has 4 aromatic heterocycles. The summed E-state index contributed by atoms with van der Waals surface area (Å²) in [6.07, 6.45) is 2.05. The van der Waals surface area contributed by atoms with Crippen molar-refractivity contribution < 1.29 is 33.3 Å². The number of para-hydroxylation sites is 2. The molecule has 4 heterocycles. The summed E-state index contributed by atoms with van der Waals surface area (Å²) in [5, 5.41) is 3.50. The number of aromatic nitrogens is 4. The van der Waals surface area contributed by atoms with Gasteiger partial charge in [0.1, 0.15) is 0 Å². The standard InChI is InChI=1S/C32H29F2N2.C21H21N2OSi.Ir/c1-19(2)26-16-22(24-11-7-6-10-21(24)5)17-27(20(3)4)31(26)36-30-13-9-8-12-29(30)35-32(36)25-15-14-23(33)18-28(25)34;1-13-10-18(22-12-20(13)25(3,4)5)15-7-9-19-17(11-15)16-8-6-14(2)23-21(16)24-19;/h6-14,16-20H,1-5H3;6,8-12H,1-5H3;/q2*-1;. The number of benzene rings is 5. The monoisotopic (exact) mass is 1020 g/mol. The predicted octanol–water partition coefficient (Wildman–Crippen LogP) is 14.0. The van der Waals surface area contributed by atoms with Gasteiger partial charge >= 0.3 is 0 Å². The zero-order chi connectivity index (χ0) is 43.3. The molecule has 62 heavy (non-hydrogen) atoms. The average molecular weight is 1020 g/mol. The molecule has 0 spiro atoms. The van der Waals surface area contributed by atoms with E-state index in [9.17, 15) is 4.39 Å². The summed E-state index contributed by atoms with van der Waals surface area (Å²) in [5.74, 6) is -0.538. The second kappa shape index (κ2) is 17.6. The maximum atomic E-state index is 15.1. The first kappa shape index (κ1) is 44.5. The van der Waals surface area contributed by atoms with Crippen molar-refractivity contribution in [2.45, 2.75) is 79.9 Å². The van der Waals surface area contributed by atoms with Gasteiger partial charge < -0.3 is 14.0 Å². The minimum absolute atomic E-state index is 0. The Morgan fingerprint density at radius 3 is 2.08 bits per heavy atom. The number of nitrogens with zero attached hydrogens (tertiary/aromatic N) is 4. The van der Waals surface area contributed by atoms with Crippen LogP contribution in [0, 0.1) is 44.5 Å². The van der Waals surface area contributed by atoms with Gasteiger partial charge in [0.05, 0.1) is 30.5 Å². The van der Waals surface area contributed by atoms with Gasteiger partial charge in [0.15, 0.2) is 0 Å². The molecule has 0 N–H and O–H groups in total. The Balaban J connectivity index is 0.000000195. The molecule has 0 saturated heterocycles. The van der Waals surface area contributed by atoms with Crippen molar-refractivity contribution in [3.63, 3.8) is 0 Å². The molecule has 0 fully saturated rings. The minimum atomic E-state index is -1.37. The number of furan rings is 1. The zero-order valence-electron chi connectivity index (χ0n) is 36.8. The Kier molecular flexibility index (Phi) is 12.6. The van der Waals surface area contributed by atoms with Crippen LogP contribution in [0.15, 0.2) is 114 Å². The number of aryl methyl sites for hydroxylation is 3. The molecule has 0 aliphatic rings. The van der Waals surface area contributed by atoms with Crippen LogP contribution in [-0.2, 0) is 20.1 Å². The Bertz CT molecular complexity index is 3080. The number of rotatable bonds is 7. The first-order valence-corrected chi connectivity index (χ1v) is 24.4. The molecule has 9 aromatic rings. The van der Waals surface area contributed by atoms with Crippen LogP contribution in [0.2, 0.25) is 19.6 Å². The van der Waals surface area contributed by atoms with Gasteiger partial charge in [-0.25, -0.2) is 4.98 Å². The van der Waals surface area contributed by atoms with E-state index in [1.165, 1.54) is 21.9 Å². The molecule has 0 aliphatic heterocycles. The third-order valence-electron chi connectivity index (χ3n) is 11.3. The Hall–Kier alpha value is -5.60. The van der Waals surface area contributed by atoms with Gasteiger partial charge in [0.25, 0.3) is 0 Å². The van der Waals surface area contributed by atoms with Gasteiger partial charge in [-0.2, -0.15) is 0 Å². The second-order valence-electron chi connectivity index (χ2n) is 17.6. The molecule has 0 amide bonds. The molecule has 0 saturated carbocycles. The molecule has 1 radical (unpaired) electrons. The van der Waals surface area contributed by atoms with Crippen molar-refractivity contribution in [1.82, 2.24) is 19.5 Å². The van der Waals surface area contributed by atoms with Crippen LogP contribution in [0.5, 0.6) is 0 Å². The normalized spacial score (nSPS) is 11.7. The van der Waals surface area contributed by atoms with E-state index in [1.807, 2.05) is 54.1 Å². The van der Waals surface area contributed by atoms with E-state index >= 15 is 4.39 Å². The van der Waals surface area contributed by atoms with E-state index in [1.54, 1.807) is 0 Å². The third kappa shape index (κ3) is 8.59. The van der Waals surface area contributed by atoms with Crippen LogP contribution >= 0.6 is 0 Å². The first-order chi connectivity index (χ1) is 29.1. The van der Waals surface area contributed by atoms with Crippen molar-refractivity contribution in [2.75, 3.05) is 0 Å². The van der Waals surface area contributed by atoms with Crippen molar-refractivity contribution in [3.05, 3.63) is 161 Å².